The molecule has 1 aliphatic carbocycles. The van der Waals surface area contributed by atoms with Crippen molar-refractivity contribution in [3.05, 3.63) is 33.6 Å². The third-order valence-electron chi connectivity index (χ3n) is 5.38. The zero-order valence-electron chi connectivity index (χ0n) is 14.9. The predicted molar refractivity (Wildman–Crippen MR) is 99.8 cm³/mol. The molecule has 3 rings (SSSR count). The molecule has 5 nitrogen and oxygen atoms in total. The number of fused-ring (bicyclic) bond motifs is 1. The van der Waals surface area contributed by atoms with Crippen LogP contribution in [0.1, 0.15) is 50.6 Å². The van der Waals surface area contributed by atoms with Crippen LogP contribution in [-0.4, -0.2) is 29.2 Å². The minimum atomic E-state index is -0.618. The largest absolute Gasteiger partial charge is 0.349 e. The van der Waals surface area contributed by atoms with Gasteiger partial charge in [0.15, 0.2) is 0 Å². The lowest BCUT2D eigenvalue weighted by molar-refractivity contribution is -0.140. The molecule has 1 saturated carbocycles. The van der Waals surface area contributed by atoms with E-state index in [9.17, 15) is 18.8 Å². The smallest absolute Gasteiger partial charge is 0.233 e. The molecule has 1 aliphatic heterocycles. The SMILES string of the molecule is C[C@H](NC(=O)CCN1C(=O)[C@H]2CCCC[C@H]2C1=O)c1cc(F)c(Cl)cc1Cl. The Kier molecular flexibility index (Phi) is 6.06. The van der Waals surface area contributed by atoms with Gasteiger partial charge in [-0.1, -0.05) is 36.0 Å². The first-order chi connectivity index (χ1) is 12.8. The zero-order chi connectivity index (χ0) is 19.7. The van der Waals surface area contributed by atoms with E-state index in [1.54, 1.807) is 6.92 Å². The van der Waals surface area contributed by atoms with Crippen LogP contribution in [0.2, 0.25) is 10.0 Å². The van der Waals surface area contributed by atoms with Crippen LogP contribution in [0.3, 0.4) is 0 Å². The van der Waals surface area contributed by atoms with Gasteiger partial charge < -0.3 is 5.32 Å². The number of benzene rings is 1. The van der Waals surface area contributed by atoms with Crippen LogP contribution in [0.25, 0.3) is 0 Å². The number of halogens is 3. The van der Waals surface area contributed by atoms with Crippen LogP contribution in [0.4, 0.5) is 4.39 Å². The first-order valence-electron chi connectivity index (χ1n) is 9.08. The molecule has 0 unspecified atom stereocenters. The Morgan fingerprint density at radius 1 is 1.19 bits per heavy atom. The third-order valence-corrected chi connectivity index (χ3v) is 6.00. The summed E-state index contributed by atoms with van der Waals surface area (Å²) in [5.74, 6) is -1.72. The van der Waals surface area contributed by atoms with Crippen LogP contribution < -0.4 is 5.32 Å². The Bertz CT molecular complexity index is 762. The van der Waals surface area contributed by atoms with Crippen molar-refractivity contribution < 1.29 is 18.8 Å². The number of nitrogens with one attached hydrogen (secondary N) is 1. The van der Waals surface area contributed by atoms with Crippen molar-refractivity contribution in [2.75, 3.05) is 6.54 Å². The maximum absolute atomic E-state index is 13.7. The normalized spacial score (nSPS) is 23.3. The van der Waals surface area contributed by atoms with Gasteiger partial charge in [0.1, 0.15) is 5.82 Å². The minimum absolute atomic E-state index is 0.00501. The van der Waals surface area contributed by atoms with E-state index in [1.165, 1.54) is 17.0 Å². The van der Waals surface area contributed by atoms with Crippen LogP contribution in [0.5, 0.6) is 0 Å². The quantitative estimate of drug-likeness (QED) is 0.587. The Morgan fingerprint density at radius 3 is 2.37 bits per heavy atom. The van der Waals surface area contributed by atoms with Gasteiger partial charge in [-0.25, -0.2) is 4.39 Å². The lowest BCUT2D eigenvalue weighted by atomic mass is 9.81. The summed E-state index contributed by atoms with van der Waals surface area (Å²) in [5, 5.41) is 2.88. The maximum atomic E-state index is 13.7. The van der Waals surface area contributed by atoms with Gasteiger partial charge in [-0.2, -0.15) is 0 Å². The lowest BCUT2D eigenvalue weighted by Gasteiger charge is -2.19. The van der Waals surface area contributed by atoms with Crippen molar-refractivity contribution in [3.63, 3.8) is 0 Å². The number of rotatable bonds is 5. The van der Waals surface area contributed by atoms with E-state index in [0.717, 1.165) is 25.7 Å². The van der Waals surface area contributed by atoms with E-state index >= 15 is 0 Å². The van der Waals surface area contributed by atoms with Crippen molar-refractivity contribution in [1.82, 2.24) is 10.2 Å². The van der Waals surface area contributed by atoms with Crippen molar-refractivity contribution in [3.8, 4) is 0 Å². The highest BCUT2D eigenvalue weighted by atomic mass is 35.5. The maximum Gasteiger partial charge on any atom is 0.233 e. The first-order valence-corrected chi connectivity index (χ1v) is 9.84. The molecule has 3 amide bonds. The number of imide groups is 1. The van der Waals surface area contributed by atoms with Crippen molar-refractivity contribution in [1.29, 1.82) is 0 Å². The average Bonchev–Trinajstić information content (AvgIpc) is 2.87. The number of likely N-dealkylation sites (tertiary alicyclic amines) is 1. The van der Waals surface area contributed by atoms with E-state index in [4.69, 9.17) is 23.2 Å². The number of nitrogens with zero attached hydrogens (tertiary/aromatic N) is 1. The van der Waals surface area contributed by atoms with Gasteiger partial charge in [-0.05, 0) is 37.5 Å². The van der Waals surface area contributed by atoms with Gasteiger partial charge in [0, 0.05) is 18.0 Å². The van der Waals surface area contributed by atoms with Crippen LogP contribution in [-0.2, 0) is 14.4 Å². The third kappa shape index (κ3) is 4.11. The van der Waals surface area contributed by atoms with E-state index in [-0.39, 0.29) is 52.6 Å². The molecule has 0 spiro atoms. The molecule has 2 aliphatic rings. The number of carbonyl (C=O) groups excluding carboxylic acids is 3. The molecule has 2 fully saturated rings. The Labute approximate surface area is 167 Å². The van der Waals surface area contributed by atoms with Gasteiger partial charge in [-0.15, -0.1) is 0 Å². The van der Waals surface area contributed by atoms with Crippen LogP contribution in [0, 0.1) is 17.7 Å². The molecule has 3 atom stereocenters. The van der Waals surface area contributed by atoms with Crippen molar-refractivity contribution in [2.24, 2.45) is 11.8 Å². The highest BCUT2D eigenvalue weighted by Gasteiger charge is 2.47. The zero-order valence-corrected chi connectivity index (χ0v) is 16.4. The number of hydrogen-bond acceptors (Lipinski definition) is 3. The Hall–Kier alpha value is -1.66. The van der Waals surface area contributed by atoms with Gasteiger partial charge in [0.2, 0.25) is 17.7 Å². The predicted octanol–water partition coefficient (Wildman–Crippen LogP) is 3.88. The molecule has 1 N–H and O–H groups in total. The van der Waals surface area contributed by atoms with Gasteiger partial charge in [0.25, 0.3) is 0 Å². The summed E-state index contributed by atoms with van der Waals surface area (Å²) >= 11 is 11.8. The summed E-state index contributed by atoms with van der Waals surface area (Å²) in [6.07, 6.45) is 3.41. The molecule has 27 heavy (non-hydrogen) atoms. The van der Waals surface area contributed by atoms with Gasteiger partial charge >= 0.3 is 0 Å². The standard InChI is InChI=1S/C19H21Cl2FN2O3/c1-10(13-8-16(22)15(21)9-14(13)20)23-17(25)6-7-24-18(26)11-4-2-3-5-12(11)19(24)27/h8-12H,2-7H2,1H3,(H,23,25)/t10-,11-,12+/m0/s1. The number of amides is 3. The molecule has 146 valence electrons. The molecule has 0 radical (unpaired) electrons. The second-order valence-electron chi connectivity index (χ2n) is 7.15. The van der Waals surface area contributed by atoms with E-state index in [1.807, 2.05) is 0 Å². The summed E-state index contributed by atoms with van der Waals surface area (Å²) in [7, 11) is 0. The van der Waals surface area contributed by atoms with Gasteiger partial charge in [0.05, 0.1) is 22.9 Å². The van der Waals surface area contributed by atoms with Crippen molar-refractivity contribution >= 4 is 40.9 Å². The second-order valence-corrected chi connectivity index (χ2v) is 7.97. The molecule has 1 heterocycles. The van der Waals surface area contributed by atoms with Crippen LogP contribution in [0.15, 0.2) is 12.1 Å². The second kappa shape index (κ2) is 8.15. The minimum Gasteiger partial charge on any atom is -0.349 e. The molecule has 1 saturated heterocycles. The Balaban J connectivity index is 1.58. The molecule has 0 aromatic heterocycles. The summed E-state index contributed by atoms with van der Waals surface area (Å²) in [6.45, 7) is 1.74. The van der Waals surface area contributed by atoms with Crippen molar-refractivity contribution in [2.45, 2.75) is 45.1 Å². The highest BCUT2D eigenvalue weighted by Crippen LogP contribution is 2.38. The molecule has 8 heteroatoms. The molecule has 1 aromatic rings. The summed E-state index contributed by atoms with van der Waals surface area (Å²) in [6, 6.07) is 1.94. The van der Waals surface area contributed by atoms with E-state index in [2.05, 4.69) is 5.32 Å². The summed E-state index contributed by atoms with van der Waals surface area (Å²) in [4.78, 5) is 38.3. The van der Waals surface area contributed by atoms with Crippen LogP contribution >= 0.6 is 23.2 Å². The topological polar surface area (TPSA) is 66.5 Å². The number of hydrogen-bond donors (Lipinski definition) is 1. The first kappa shape index (κ1) is 20.1. The monoisotopic (exact) mass is 414 g/mol. The highest BCUT2D eigenvalue weighted by molar-refractivity contribution is 6.35. The molecule has 0 bridgehead atoms. The lowest BCUT2D eigenvalue weighted by Crippen LogP contribution is -2.36. The molecular weight excluding hydrogens is 394 g/mol. The fraction of sp³-hybridized carbons (Fsp3) is 0.526. The number of carbonyl (C=O) groups is 3. The average molecular weight is 415 g/mol. The molecular formula is C19H21Cl2FN2O3. The van der Waals surface area contributed by atoms with E-state index < -0.39 is 11.9 Å². The summed E-state index contributed by atoms with van der Waals surface area (Å²) in [5.41, 5.74) is 0.409. The summed E-state index contributed by atoms with van der Waals surface area (Å²) < 4.78 is 13.7. The Morgan fingerprint density at radius 2 is 1.78 bits per heavy atom. The fourth-order valence-electron chi connectivity index (χ4n) is 3.93. The van der Waals surface area contributed by atoms with E-state index in [0.29, 0.717) is 5.56 Å². The fourth-order valence-corrected chi connectivity index (χ4v) is 4.47. The van der Waals surface area contributed by atoms with Gasteiger partial charge in [-0.3, -0.25) is 19.3 Å². The molecule has 1 aromatic carbocycles.